The van der Waals surface area contributed by atoms with Crippen LogP contribution in [0.2, 0.25) is 0 Å². The molecule has 6 heteroatoms. The summed E-state index contributed by atoms with van der Waals surface area (Å²) in [5.41, 5.74) is 0.284. The van der Waals surface area contributed by atoms with Gasteiger partial charge in [-0.2, -0.15) is 8.78 Å². The molecule has 1 amide bonds. The third kappa shape index (κ3) is 3.77. The fraction of sp³-hybridized carbons (Fsp3) is 0.214. The molecule has 0 aliphatic rings. The zero-order chi connectivity index (χ0) is 14.5. The minimum atomic E-state index is -2.90. The van der Waals surface area contributed by atoms with Crippen LogP contribution in [0.25, 0.3) is 0 Å². The molecule has 0 saturated heterocycles. The Morgan fingerprint density at radius 1 is 1.30 bits per heavy atom. The Balaban J connectivity index is 2.05. The Morgan fingerprint density at radius 2 is 2.10 bits per heavy atom. The highest BCUT2D eigenvalue weighted by Gasteiger charge is 2.13. The van der Waals surface area contributed by atoms with Crippen LogP contribution in [0.4, 0.5) is 8.78 Å². The number of ether oxygens (including phenoxy) is 1. The first-order valence-electron chi connectivity index (χ1n) is 5.95. The normalized spacial score (nSPS) is 12.2. The first-order valence-corrected chi connectivity index (χ1v) is 6.83. The fourth-order valence-electron chi connectivity index (χ4n) is 1.70. The zero-order valence-corrected chi connectivity index (χ0v) is 11.5. The van der Waals surface area contributed by atoms with E-state index >= 15 is 0 Å². The second-order valence-corrected chi connectivity index (χ2v) is 5.10. The van der Waals surface area contributed by atoms with Gasteiger partial charge in [0.1, 0.15) is 5.75 Å². The zero-order valence-electron chi connectivity index (χ0n) is 10.7. The summed E-state index contributed by atoms with van der Waals surface area (Å²) in [6, 6.07) is 9.42. The molecule has 20 heavy (non-hydrogen) atoms. The molecule has 0 spiro atoms. The van der Waals surface area contributed by atoms with E-state index in [1.54, 1.807) is 17.4 Å². The Bertz CT molecular complexity index is 572. The lowest BCUT2D eigenvalue weighted by Crippen LogP contribution is -2.26. The topological polar surface area (TPSA) is 38.3 Å². The average molecular weight is 297 g/mol. The van der Waals surface area contributed by atoms with Crippen molar-refractivity contribution < 1.29 is 18.3 Å². The van der Waals surface area contributed by atoms with Crippen LogP contribution in [0.5, 0.6) is 5.75 Å². The highest BCUT2D eigenvalue weighted by molar-refractivity contribution is 7.10. The van der Waals surface area contributed by atoms with Crippen molar-refractivity contribution in [2.75, 3.05) is 0 Å². The first-order chi connectivity index (χ1) is 9.56. The van der Waals surface area contributed by atoms with Gasteiger partial charge in [0.15, 0.2) is 0 Å². The molecular weight excluding hydrogens is 284 g/mol. The van der Waals surface area contributed by atoms with E-state index in [0.29, 0.717) is 0 Å². The van der Waals surface area contributed by atoms with Crippen LogP contribution >= 0.6 is 11.3 Å². The van der Waals surface area contributed by atoms with Gasteiger partial charge in [0.25, 0.3) is 5.91 Å². The fourth-order valence-corrected chi connectivity index (χ4v) is 2.44. The monoisotopic (exact) mass is 297 g/mol. The number of amides is 1. The van der Waals surface area contributed by atoms with Crippen molar-refractivity contribution in [3.8, 4) is 5.75 Å². The number of carbonyl (C=O) groups is 1. The lowest BCUT2D eigenvalue weighted by Gasteiger charge is -2.13. The molecule has 2 rings (SSSR count). The van der Waals surface area contributed by atoms with Crippen LogP contribution in [-0.2, 0) is 0 Å². The highest BCUT2D eigenvalue weighted by Crippen LogP contribution is 2.20. The van der Waals surface area contributed by atoms with Crippen molar-refractivity contribution in [1.29, 1.82) is 0 Å². The number of thiophene rings is 1. The lowest BCUT2D eigenvalue weighted by molar-refractivity contribution is -0.0498. The van der Waals surface area contributed by atoms with Crippen molar-refractivity contribution in [3.63, 3.8) is 0 Å². The van der Waals surface area contributed by atoms with Gasteiger partial charge in [0.05, 0.1) is 6.04 Å². The quantitative estimate of drug-likeness (QED) is 0.910. The summed E-state index contributed by atoms with van der Waals surface area (Å²) in [6.07, 6.45) is 0. The van der Waals surface area contributed by atoms with Crippen LogP contribution in [0.1, 0.15) is 28.2 Å². The molecule has 1 N–H and O–H groups in total. The SMILES string of the molecule is C[C@H](NC(=O)c1cccc(OC(F)F)c1)c1cccs1. The summed E-state index contributed by atoms with van der Waals surface area (Å²) >= 11 is 1.54. The van der Waals surface area contributed by atoms with Gasteiger partial charge in [-0.1, -0.05) is 12.1 Å². The van der Waals surface area contributed by atoms with Gasteiger partial charge in [-0.25, -0.2) is 0 Å². The minimum Gasteiger partial charge on any atom is -0.435 e. The van der Waals surface area contributed by atoms with E-state index in [0.717, 1.165) is 4.88 Å². The van der Waals surface area contributed by atoms with Gasteiger partial charge >= 0.3 is 6.61 Å². The Hall–Kier alpha value is -1.95. The molecule has 0 aliphatic heterocycles. The molecule has 1 aromatic carbocycles. The number of carbonyl (C=O) groups excluding carboxylic acids is 1. The number of rotatable bonds is 5. The van der Waals surface area contributed by atoms with E-state index in [2.05, 4.69) is 10.1 Å². The van der Waals surface area contributed by atoms with Crippen molar-refractivity contribution in [3.05, 3.63) is 52.2 Å². The van der Waals surface area contributed by atoms with Gasteiger partial charge in [-0.05, 0) is 36.6 Å². The maximum atomic E-state index is 12.1. The third-order valence-corrected chi connectivity index (χ3v) is 3.69. The molecule has 2 aromatic rings. The largest absolute Gasteiger partial charge is 0.435 e. The number of benzene rings is 1. The van der Waals surface area contributed by atoms with E-state index in [1.807, 2.05) is 24.4 Å². The second-order valence-electron chi connectivity index (χ2n) is 4.12. The summed E-state index contributed by atoms with van der Waals surface area (Å²) in [5, 5.41) is 4.73. The van der Waals surface area contributed by atoms with Crippen LogP contribution in [-0.4, -0.2) is 12.5 Å². The Morgan fingerprint density at radius 3 is 2.75 bits per heavy atom. The molecule has 0 saturated carbocycles. The predicted molar refractivity (Wildman–Crippen MR) is 73.3 cm³/mol. The van der Waals surface area contributed by atoms with Crippen molar-refractivity contribution in [2.24, 2.45) is 0 Å². The average Bonchev–Trinajstić information content (AvgIpc) is 2.92. The van der Waals surface area contributed by atoms with E-state index in [1.165, 1.54) is 18.2 Å². The standard InChI is InChI=1S/C14H13F2NO2S/c1-9(12-6-3-7-20-12)17-13(18)10-4-2-5-11(8-10)19-14(15)16/h2-9,14H,1H3,(H,17,18)/t9-/m0/s1. The molecule has 106 valence electrons. The summed E-state index contributed by atoms with van der Waals surface area (Å²) in [6.45, 7) is -1.04. The van der Waals surface area contributed by atoms with E-state index < -0.39 is 6.61 Å². The van der Waals surface area contributed by atoms with Crippen molar-refractivity contribution in [1.82, 2.24) is 5.32 Å². The van der Waals surface area contributed by atoms with Crippen LogP contribution in [0, 0.1) is 0 Å². The lowest BCUT2D eigenvalue weighted by atomic mass is 10.2. The van der Waals surface area contributed by atoms with Crippen molar-refractivity contribution >= 4 is 17.2 Å². The smallest absolute Gasteiger partial charge is 0.387 e. The van der Waals surface area contributed by atoms with Crippen LogP contribution in [0.3, 0.4) is 0 Å². The maximum absolute atomic E-state index is 12.1. The van der Waals surface area contributed by atoms with E-state index in [-0.39, 0.29) is 23.3 Å². The minimum absolute atomic E-state index is 0.0311. The molecule has 1 aromatic heterocycles. The van der Waals surface area contributed by atoms with E-state index in [9.17, 15) is 13.6 Å². The molecule has 0 unspecified atom stereocenters. The molecule has 0 bridgehead atoms. The summed E-state index contributed by atoms with van der Waals surface area (Å²) < 4.78 is 28.5. The summed E-state index contributed by atoms with van der Waals surface area (Å²) in [5.74, 6) is -0.359. The molecule has 1 heterocycles. The number of alkyl halides is 2. The van der Waals surface area contributed by atoms with Crippen LogP contribution in [0.15, 0.2) is 41.8 Å². The number of hydrogen-bond donors (Lipinski definition) is 1. The molecule has 0 radical (unpaired) electrons. The molecule has 3 nitrogen and oxygen atoms in total. The maximum Gasteiger partial charge on any atom is 0.387 e. The summed E-state index contributed by atoms with van der Waals surface area (Å²) in [4.78, 5) is 13.1. The van der Waals surface area contributed by atoms with Gasteiger partial charge in [-0.15, -0.1) is 11.3 Å². The Labute approximate surface area is 119 Å². The van der Waals surface area contributed by atoms with Gasteiger partial charge in [0.2, 0.25) is 0 Å². The van der Waals surface area contributed by atoms with Gasteiger partial charge in [-0.3, -0.25) is 4.79 Å². The predicted octanol–water partition coefficient (Wildman–Crippen LogP) is 3.84. The first kappa shape index (κ1) is 14.5. The summed E-state index contributed by atoms with van der Waals surface area (Å²) in [7, 11) is 0. The van der Waals surface area contributed by atoms with Crippen molar-refractivity contribution in [2.45, 2.75) is 19.6 Å². The molecule has 1 atom stereocenters. The highest BCUT2D eigenvalue weighted by atomic mass is 32.1. The molecular formula is C14H13F2NO2S. The number of halogens is 2. The second kappa shape index (κ2) is 6.47. The van der Waals surface area contributed by atoms with Gasteiger partial charge < -0.3 is 10.1 Å². The number of nitrogens with one attached hydrogen (secondary N) is 1. The third-order valence-electron chi connectivity index (χ3n) is 2.64. The number of hydrogen-bond acceptors (Lipinski definition) is 3. The van der Waals surface area contributed by atoms with Crippen LogP contribution < -0.4 is 10.1 Å². The Kier molecular flexibility index (Phi) is 4.68. The van der Waals surface area contributed by atoms with Gasteiger partial charge in [0, 0.05) is 10.4 Å². The molecule has 0 fully saturated rings. The van der Waals surface area contributed by atoms with E-state index in [4.69, 9.17) is 0 Å². The molecule has 0 aliphatic carbocycles.